The third-order valence-corrected chi connectivity index (χ3v) is 4.34. The van der Waals surface area contributed by atoms with Crippen molar-refractivity contribution >= 4 is 11.3 Å². The van der Waals surface area contributed by atoms with Crippen molar-refractivity contribution in [2.45, 2.75) is 50.7 Å². The van der Waals surface area contributed by atoms with Crippen molar-refractivity contribution in [3.8, 4) is 0 Å². The first-order valence-electron chi connectivity index (χ1n) is 6.08. The molecule has 1 aromatic heterocycles. The minimum atomic E-state index is -0.497. The van der Waals surface area contributed by atoms with Crippen LogP contribution in [0.4, 0.5) is 0 Å². The lowest BCUT2D eigenvalue weighted by atomic mass is 9.85. The summed E-state index contributed by atoms with van der Waals surface area (Å²) in [5, 5.41) is 12.6. The largest absolute Gasteiger partial charge is 0.390 e. The zero-order valence-electron chi connectivity index (χ0n) is 9.82. The summed E-state index contributed by atoms with van der Waals surface area (Å²) in [6, 6.07) is 4.22. The van der Waals surface area contributed by atoms with Gasteiger partial charge in [-0.1, -0.05) is 13.0 Å². The minimum Gasteiger partial charge on any atom is -0.390 e. The van der Waals surface area contributed by atoms with Gasteiger partial charge >= 0.3 is 0 Å². The quantitative estimate of drug-likeness (QED) is 0.876. The second kappa shape index (κ2) is 5.30. The van der Waals surface area contributed by atoms with Gasteiger partial charge in [0.05, 0.1) is 11.7 Å². The van der Waals surface area contributed by atoms with Crippen LogP contribution < -0.4 is 0 Å². The Kier molecular flexibility index (Phi) is 4.00. The van der Waals surface area contributed by atoms with Gasteiger partial charge in [-0.15, -0.1) is 11.3 Å². The molecule has 1 aromatic rings. The average molecular weight is 240 g/mol. The van der Waals surface area contributed by atoms with Gasteiger partial charge in [-0.25, -0.2) is 0 Å². The lowest BCUT2D eigenvalue weighted by Crippen LogP contribution is -2.40. The van der Waals surface area contributed by atoms with Crippen LogP contribution in [0, 0.1) is 0 Å². The summed E-state index contributed by atoms with van der Waals surface area (Å²) in [5.74, 6) is 0. The van der Waals surface area contributed by atoms with E-state index in [4.69, 9.17) is 4.74 Å². The zero-order valence-corrected chi connectivity index (χ0v) is 10.6. The monoisotopic (exact) mass is 240 g/mol. The van der Waals surface area contributed by atoms with E-state index in [1.807, 2.05) is 0 Å². The summed E-state index contributed by atoms with van der Waals surface area (Å²) < 4.78 is 5.60. The summed E-state index contributed by atoms with van der Waals surface area (Å²) in [7, 11) is 0. The zero-order chi connectivity index (χ0) is 11.4. The normalized spacial score (nSPS) is 30.5. The third-order valence-electron chi connectivity index (χ3n) is 3.40. The number of hydrogen-bond acceptors (Lipinski definition) is 3. The Hall–Kier alpha value is -0.380. The number of thiophene rings is 1. The molecule has 1 N–H and O–H groups in total. The molecule has 0 radical (unpaired) electrons. The Balaban J connectivity index is 1.87. The molecule has 90 valence electrons. The van der Waals surface area contributed by atoms with Crippen molar-refractivity contribution in [1.29, 1.82) is 0 Å². The van der Waals surface area contributed by atoms with Gasteiger partial charge in [0.15, 0.2) is 0 Å². The van der Waals surface area contributed by atoms with Gasteiger partial charge in [-0.05, 0) is 37.1 Å². The molecule has 0 amide bonds. The molecule has 0 spiro atoms. The molecule has 0 aliphatic carbocycles. The van der Waals surface area contributed by atoms with E-state index in [0.29, 0.717) is 6.61 Å². The molecular weight excluding hydrogens is 220 g/mol. The Bertz CT molecular complexity index is 310. The van der Waals surface area contributed by atoms with Gasteiger partial charge in [0, 0.05) is 17.9 Å². The summed E-state index contributed by atoms with van der Waals surface area (Å²) in [6.07, 6.45) is 4.70. The summed E-state index contributed by atoms with van der Waals surface area (Å²) in [6.45, 7) is 2.83. The Labute approximate surface area is 101 Å². The Morgan fingerprint density at radius 1 is 1.62 bits per heavy atom. The van der Waals surface area contributed by atoms with E-state index >= 15 is 0 Å². The topological polar surface area (TPSA) is 29.5 Å². The fourth-order valence-electron chi connectivity index (χ4n) is 2.30. The first kappa shape index (κ1) is 12.1. The van der Waals surface area contributed by atoms with Crippen LogP contribution in [0.2, 0.25) is 0 Å². The average Bonchev–Trinajstić information content (AvgIpc) is 2.79. The minimum absolute atomic E-state index is 0.252. The third kappa shape index (κ3) is 3.06. The van der Waals surface area contributed by atoms with Crippen LogP contribution in [0.5, 0.6) is 0 Å². The maximum absolute atomic E-state index is 10.5. The maximum Gasteiger partial charge on any atom is 0.0697 e. The van der Waals surface area contributed by atoms with Crippen molar-refractivity contribution in [1.82, 2.24) is 0 Å². The molecule has 1 aliphatic rings. The van der Waals surface area contributed by atoms with Crippen LogP contribution in [0.15, 0.2) is 17.5 Å². The van der Waals surface area contributed by atoms with E-state index in [1.165, 1.54) is 4.88 Å². The second-order valence-corrected chi connectivity index (χ2v) is 5.69. The molecule has 2 atom stereocenters. The van der Waals surface area contributed by atoms with Crippen molar-refractivity contribution < 1.29 is 9.84 Å². The maximum atomic E-state index is 10.5. The number of hydrogen-bond donors (Lipinski definition) is 1. The molecule has 2 unspecified atom stereocenters. The van der Waals surface area contributed by atoms with Gasteiger partial charge in [-0.3, -0.25) is 0 Å². The van der Waals surface area contributed by atoms with Crippen LogP contribution in [0.3, 0.4) is 0 Å². The lowest BCUT2D eigenvalue weighted by molar-refractivity contribution is -0.107. The first-order chi connectivity index (χ1) is 7.72. The molecule has 2 rings (SSSR count). The summed E-state index contributed by atoms with van der Waals surface area (Å²) in [4.78, 5) is 1.37. The molecule has 1 fully saturated rings. The Morgan fingerprint density at radius 2 is 2.50 bits per heavy atom. The number of aliphatic hydroxyl groups is 1. The van der Waals surface area contributed by atoms with Crippen molar-refractivity contribution in [3.05, 3.63) is 22.4 Å². The highest BCUT2D eigenvalue weighted by atomic mass is 32.1. The van der Waals surface area contributed by atoms with E-state index in [0.717, 1.165) is 32.1 Å². The predicted octanol–water partition coefficient (Wildman–Crippen LogP) is 3.00. The van der Waals surface area contributed by atoms with Crippen molar-refractivity contribution in [3.63, 3.8) is 0 Å². The van der Waals surface area contributed by atoms with E-state index in [-0.39, 0.29) is 6.10 Å². The van der Waals surface area contributed by atoms with Crippen molar-refractivity contribution in [2.75, 3.05) is 6.61 Å². The molecule has 0 bridgehead atoms. The van der Waals surface area contributed by atoms with Crippen LogP contribution in [-0.4, -0.2) is 23.4 Å². The van der Waals surface area contributed by atoms with Crippen LogP contribution in [-0.2, 0) is 11.2 Å². The summed E-state index contributed by atoms with van der Waals surface area (Å²) >= 11 is 1.77. The second-order valence-electron chi connectivity index (χ2n) is 4.66. The van der Waals surface area contributed by atoms with Crippen LogP contribution >= 0.6 is 11.3 Å². The van der Waals surface area contributed by atoms with Gasteiger partial charge in [0.25, 0.3) is 0 Å². The number of aryl methyl sites for hydroxylation is 1. The van der Waals surface area contributed by atoms with Crippen LogP contribution in [0.25, 0.3) is 0 Å². The standard InChI is InChI=1S/C13H20O2S/c1-2-11-10-13(14,7-8-15-11)6-5-12-4-3-9-16-12/h3-4,9,11,14H,2,5-8,10H2,1H3. The number of rotatable bonds is 4. The van der Waals surface area contributed by atoms with E-state index in [1.54, 1.807) is 11.3 Å². The van der Waals surface area contributed by atoms with Gasteiger partial charge < -0.3 is 9.84 Å². The Morgan fingerprint density at radius 3 is 3.19 bits per heavy atom. The van der Waals surface area contributed by atoms with E-state index < -0.39 is 5.60 Å². The van der Waals surface area contributed by atoms with Crippen LogP contribution in [0.1, 0.15) is 37.5 Å². The smallest absolute Gasteiger partial charge is 0.0697 e. The van der Waals surface area contributed by atoms with Gasteiger partial charge in [0.1, 0.15) is 0 Å². The fraction of sp³-hybridized carbons (Fsp3) is 0.692. The highest BCUT2D eigenvalue weighted by Crippen LogP contribution is 2.31. The number of ether oxygens (including phenoxy) is 1. The van der Waals surface area contributed by atoms with E-state index in [9.17, 15) is 5.11 Å². The molecule has 2 nitrogen and oxygen atoms in total. The molecular formula is C13H20O2S. The first-order valence-corrected chi connectivity index (χ1v) is 6.96. The highest BCUT2D eigenvalue weighted by Gasteiger charge is 2.33. The summed E-state index contributed by atoms with van der Waals surface area (Å²) in [5.41, 5.74) is -0.497. The SMILES string of the molecule is CCC1CC(O)(CCc2cccs2)CCO1. The van der Waals surface area contributed by atoms with Gasteiger partial charge in [-0.2, -0.15) is 0 Å². The molecule has 2 heterocycles. The fourth-order valence-corrected chi connectivity index (χ4v) is 3.01. The lowest BCUT2D eigenvalue weighted by Gasteiger charge is -2.36. The molecule has 0 aromatic carbocycles. The van der Waals surface area contributed by atoms with E-state index in [2.05, 4.69) is 24.4 Å². The molecule has 16 heavy (non-hydrogen) atoms. The van der Waals surface area contributed by atoms with Crippen molar-refractivity contribution in [2.24, 2.45) is 0 Å². The molecule has 3 heteroatoms. The highest BCUT2D eigenvalue weighted by molar-refractivity contribution is 7.09. The van der Waals surface area contributed by atoms with Gasteiger partial charge in [0.2, 0.25) is 0 Å². The molecule has 1 aliphatic heterocycles. The molecule has 1 saturated heterocycles. The predicted molar refractivity (Wildman–Crippen MR) is 66.9 cm³/mol. The molecule has 0 saturated carbocycles.